The Morgan fingerprint density at radius 2 is 1.89 bits per heavy atom. The van der Waals surface area contributed by atoms with Gasteiger partial charge in [-0.15, -0.1) is 0 Å². The standard InChI is InChI=1S/C19H32N2O4S2/c1-15(2)14-25-12-5-11-20-19(22)18(10-13-26-4)21-27(23,24)17-8-6-16(3)7-9-17/h6-9,15,18,21H,5,10-14H2,1-4H3,(H,20,22). The summed E-state index contributed by atoms with van der Waals surface area (Å²) in [6.45, 7) is 7.78. The average Bonchev–Trinajstić information content (AvgIpc) is 2.61. The number of ether oxygens (including phenoxy) is 1. The number of aryl methyl sites for hydroxylation is 1. The van der Waals surface area contributed by atoms with Gasteiger partial charge in [-0.3, -0.25) is 4.79 Å². The topological polar surface area (TPSA) is 84.5 Å². The van der Waals surface area contributed by atoms with Gasteiger partial charge >= 0.3 is 0 Å². The van der Waals surface area contributed by atoms with Crippen molar-refractivity contribution in [2.24, 2.45) is 5.92 Å². The fourth-order valence-electron chi connectivity index (χ4n) is 2.28. The van der Waals surface area contributed by atoms with Gasteiger partial charge in [0.15, 0.2) is 0 Å². The first-order valence-corrected chi connectivity index (χ1v) is 12.1. The number of hydrogen-bond acceptors (Lipinski definition) is 5. The van der Waals surface area contributed by atoms with Crippen molar-refractivity contribution in [2.45, 2.75) is 44.6 Å². The van der Waals surface area contributed by atoms with Gasteiger partial charge in [0, 0.05) is 19.8 Å². The minimum absolute atomic E-state index is 0.164. The molecule has 0 aliphatic carbocycles. The second-order valence-electron chi connectivity index (χ2n) is 6.88. The molecule has 27 heavy (non-hydrogen) atoms. The summed E-state index contributed by atoms with van der Waals surface area (Å²) in [6, 6.07) is 5.78. The molecule has 0 aliphatic rings. The third kappa shape index (κ3) is 9.60. The van der Waals surface area contributed by atoms with E-state index >= 15 is 0 Å². The largest absolute Gasteiger partial charge is 0.381 e. The summed E-state index contributed by atoms with van der Waals surface area (Å²) in [7, 11) is -3.75. The maximum absolute atomic E-state index is 12.6. The molecule has 0 aliphatic heterocycles. The first-order chi connectivity index (χ1) is 12.8. The Bertz CT molecular complexity index is 661. The predicted molar refractivity (Wildman–Crippen MR) is 112 cm³/mol. The lowest BCUT2D eigenvalue weighted by Crippen LogP contribution is -2.47. The Labute approximate surface area is 167 Å². The molecule has 0 aromatic heterocycles. The summed E-state index contributed by atoms with van der Waals surface area (Å²) in [5.41, 5.74) is 0.977. The highest BCUT2D eigenvalue weighted by Gasteiger charge is 2.25. The van der Waals surface area contributed by atoms with Gasteiger partial charge in [-0.1, -0.05) is 31.5 Å². The van der Waals surface area contributed by atoms with E-state index in [2.05, 4.69) is 23.9 Å². The molecule has 1 rings (SSSR count). The van der Waals surface area contributed by atoms with E-state index in [9.17, 15) is 13.2 Å². The molecule has 2 N–H and O–H groups in total. The Morgan fingerprint density at radius 1 is 1.22 bits per heavy atom. The van der Waals surface area contributed by atoms with Crippen LogP contribution in [0.1, 0.15) is 32.3 Å². The maximum atomic E-state index is 12.6. The van der Waals surface area contributed by atoms with Crippen LogP contribution in [0.4, 0.5) is 0 Å². The van der Waals surface area contributed by atoms with Crippen molar-refractivity contribution in [2.75, 3.05) is 31.8 Å². The summed E-state index contributed by atoms with van der Waals surface area (Å²) in [6.07, 6.45) is 3.05. The Kier molecular flexibility index (Phi) is 11.0. The molecule has 1 unspecified atom stereocenters. The van der Waals surface area contributed by atoms with E-state index in [1.54, 1.807) is 36.0 Å². The number of rotatable bonds is 13. The van der Waals surface area contributed by atoms with Gasteiger partial charge in [-0.25, -0.2) is 8.42 Å². The Balaban J connectivity index is 2.60. The van der Waals surface area contributed by atoms with Crippen LogP contribution in [0.2, 0.25) is 0 Å². The minimum Gasteiger partial charge on any atom is -0.381 e. The zero-order chi connectivity index (χ0) is 20.3. The van der Waals surface area contributed by atoms with Gasteiger partial charge in [0.1, 0.15) is 6.04 Å². The number of carbonyl (C=O) groups excluding carboxylic acids is 1. The molecular weight excluding hydrogens is 384 g/mol. The normalized spacial score (nSPS) is 12.9. The van der Waals surface area contributed by atoms with Crippen molar-refractivity contribution >= 4 is 27.7 Å². The predicted octanol–water partition coefficient (Wildman–Crippen LogP) is 2.57. The lowest BCUT2D eigenvalue weighted by molar-refractivity contribution is -0.122. The van der Waals surface area contributed by atoms with Crippen molar-refractivity contribution in [1.29, 1.82) is 0 Å². The SMILES string of the molecule is CSCCC(NS(=O)(=O)c1ccc(C)cc1)C(=O)NCCCOCC(C)C. The quantitative estimate of drug-likeness (QED) is 0.483. The van der Waals surface area contributed by atoms with E-state index in [0.717, 1.165) is 5.56 Å². The van der Waals surface area contributed by atoms with E-state index in [-0.39, 0.29) is 10.8 Å². The van der Waals surface area contributed by atoms with Crippen LogP contribution in [-0.2, 0) is 19.6 Å². The van der Waals surface area contributed by atoms with Gasteiger partial charge < -0.3 is 10.1 Å². The van der Waals surface area contributed by atoms with Gasteiger partial charge in [-0.05, 0) is 49.8 Å². The van der Waals surface area contributed by atoms with Crippen LogP contribution in [0.5, 0.6) is 0 Å². The van der Waals surface area contributed by atoms with Gasteiger partial charge in [0.2, 0.25) is 15.9 Å². The second-order valence-corrected chi connectivity index (χ2v) is 9.58. The lowest BCUT2D eigenvalue weighted by Gasteiger charge is -2.18. The maximum Gasteiger partial charge on any atom is 0.241 e. The number of nitrogens with one attached hydrogen (secondary N) is 2. The second kappa shape index (κ2) is 12.4. The molecule has 0 saturated carbocycles. The van der Waals surface area contributed by atoms with Crippen molar-refractivity contribution in [3.05, 3.63) is 29.8 Å². The fourth-order valence-corrected chi connectivity index (χ4v) is 3.98. The van der Waals surface area contributed by atoms with E-state index in [1.165, 1.54) is 0 Å². The van der Waals surface area contributed by atoms with Crippen molar-refractivity contribution < 1.29 is 17.9 Å². The molecule has 6 nitrogen and oxygen atoms in total. The molecule has 0 saturated heterocycles. The minimum atomic E-state index is -3.75. The monoisotopic (exact) mass is 416 g/mol. The molecule has 1 amide bonds. The van der Waals surface area contributed by atoms with Gasteiger partial charge in [0.25, 0.3) is 0 Å². The average molecular weight is 417 g/mol. The van der Waals surface area contributed by atoms with Gasteiger partial charge in [0.05, 0.1) is 4.90 Å². The molecule has 0 radical (unpaired) electrons. The third-order valence-electron chi connectivity index (χ3n) is 3.77. The number of sulfonamides is 1. The summed E-state index contributed by atoms with van der Waals surface area (Å²) >= 11 is 1.57. The van der Waals surface area contributed by atoms with Crippen LogP contribution in [0.25, 0.3) is 0 Å². The Morgan fingerprint density at radius 3 is 2.48 bits per heavy atom. The van der Waals surface area contributed by atoms with Gasteiger partial charge in [-0.2, -0.15) is 16.5 Å². The number of benzene rings is 1. The van der Waals surface area contributed by atoms with Crippen molar-refractivity contribution in [3.63, 3.8) is 0 Å². The third-order valence-corrected chi connectivity index (χ3v) is 5.90. The first kappa shape index (κ1) is 23.9. The lowest BCUT2D eigenvalue weighted by atomic mass is 10.2. The van der Waals surface area contributed by atoms with Crippen LogP contribution >= 0.6 is 11.8 Å². The number of carbonyl (C=O) groups is 1. The zero-order valence-corrected chi connectivity index (χ0v) is 18.3. The molecule has 8 heteroatoms. The highest BCUT2D eigenvalue weighted by molar-refractivity contribution is 7.98. The summed E-state index contributed by atoms with van der Waals surface area (Å²) < 4.78 is 33.2. The van der Waals surface area contributed by atoms with Crippen LogP contribution in [0.3, 0.4) is 0 Å². The van der Waals surface area contributed by atoms with Crippen LogP contribution in [0.15, 0.2) is 29.2 Å². The first-order valence-electron chi connectivity index (χ1n) is 9.19. The molecular formula is C19H32N2O4S2. The van der Waals surface area contributed by atoms with Crippen molar-refractivity contribution in [3.8, 4) is 0 Å². The molecule has 0 fully saturated rings. The molecule has 154 valence electrons. The zero-order valence-electron chi connectivity index (χ0n) is 16.7. The Hall–Kier alpha value is -1.09. The number of amides is 1. The van der Waals surface area contributed by atoms with E-state index in [4.69, 9.17) is 4.74 Å². The van der Waals surface area contributed by atoms with Crippen LogP contribution in [0, 0.1) is 12.8 Å². The highest BCUT2D eigenvalue weighted by Crippen LogP contribution is 2.12. The molecule has 1 aromatic carbocycles. The highest BCUT2D eigenvalue weighted by atomic mass is 32.2. The van der Waals surface area contributed by atoms with Crippen LogP contribution in [-0.4, -0.2) is 52.1 Å². The summed E-state index contributed by atoms with van der Waals surface area (Å²) in [4.78, 5) is 12.6. The summed E-state index contributed by atoms with van der Waals surface area (Å²) in [5.74, 6) is 0.863. The fraction of sp³-hybridized carbons (Fsp3) is 0.632. The number of thioether (sulfide) groups is 1. The van der Waals surface area contributed by atoms with Crippen molar-refractivity contribution in [1.82, 2.24) is 10.0 Å². The van der Waals surface area contributed by atoms with Crippen LogP contribution < -0.4 is 10.0 Å². The molecule has 0 bridgehead atoms. The van der Waals surface area contributed by atoms with E-state index in [0.29, 0.717) is 44.3 Å². The molecule has 0 spiro atoms. The smallest absolute Gasteiger partial charge is 0.241 e. The molecule has 0 heterocycles. The molecule has 1 atom stereocenters. The molecule has 1 aromatic rings. The van der Waals surface area contributed by atoms with E-state index in [1.807, 2.05) is 13.2 Å². The number of hydrogen-bond donors (Lipinski definition) is 2. The summed E-state index contributed by atoms with van der Waals surface area (Å²) in [5, 5.41) is 2.81. The van der Waals surface area contributed by atoms with E-state index < -0.39 is 16.1 Å².